The van der Waals surface area contributed by atoms with E-state index in [0.29, 0.717) is 5.56 Å². The molecule has 1 aliphatic carbocycles. The number of nitrogens with zero attached hydrogens (tertiary/aromatic N) is 1. The topological polar surface area (TPSA) is 54.9 Å². The van der Waals surface area contributed by atoms with Crippen LogP contribution in [0.2, 0.25) is 0 Å². The number of H-pyrrole nitrogens is 1. The van der Waals surface area contributed by atoms with Crippen molar-refractivity contribution in [3.05, 3.63) is 44.5 Å². The van der Waals surface area contributed by atoms with E-state index >= 15 is 0 Å². The second-order valence-electron chi connectivity index (χ2n) is 3.92. The van der Waals surface area contributed by atoms with E-state index < -0.39 is 0 Å². The lowest BCUT2D eigenvalue weighted by molar-refractivity contribution is 0.677. The van der Waals surface area contributed by atoms with Crippen molar-refractivity contribution in [1.82, 2.24) is 9.55 Å². The van der Waals surface area contributed by atoms with Crippen molar-refractivity contribution in [2.75, 3.05) is 0 Å². The smallest absolute Gasteiger partial charge is 0.297 e. The monoisotopic (exact) mass is 234 g/mol. The molecule has 2 aromatic rings. The summed E-state index contributed by atoms with van der Waals surface area (Å²) in [7, 11) is 0. The highest BCUT2D eigenvalue weighted by atomic mass is 32.1. The Labute approximate surface area is 95.2 Å². The highest BCUT2D eigenvalue weighted by molar-refractivity contribution is 7.13. The van der Waals surface area contributed by atoms with Gasteiger partial charge in [-0.05, 0) is 24.3 Å². The van der Waals surface area contributed by atoms with E-state index in [1.54, 1.807) is 10.8 Å². The fourth-order valence-electron chi connectivity index (χ4n) is 1.72. The van der Waals surface area contributed by atoms with Gasteiger partial charge in [0.2, 0.25) is 0 Å². The largest absolute Gasteiger partial charge is 0.328 e. The highest BCUT2D eigenvalue weighted by Crippen LogP contribution is 2.33. The molecule has 82 valence electrons. The summed E-state index contributed by atoms with van der Waals surface area (Å²) in [6, 6.07) is 4.06. The van der Waals surface area contributed by atoms with Crippen LogP contribution in [0.3, 0.4) is 0 Å². The van der Waals surface area contributed by atoms with Gasteiger partial charge in [-0.15, -0.1) is 11.3 Å². The molecule has 5 heteroatoms. The zero-order valence-electron chi connectivity index (χ0n) is 8.47. The number of hydrogen-bond acceptors (Lipinski definition) is 3. The number of thiophene rings is 1. The average Bonchev–Trinajstić information content (AvgIpc) is 2.94. The highest BCUT2D eigenvalue weighted by Gasteiger charge is 2.25. The van der Waals surface area contributed by atoms with Crippen LogP contribution in [0.5, 0.6) is 0 Å². The Hall–Kier alpha value is -1.62. The lowest BCUT2D eigenvalue weighted by atomic mass is 10.3. The van der Waals surface area contributed by atoms with E-state index in [4.69, 9.17) is 0 Å². The van der Waals surface area contributed by atoms with E-state index in [9.17, 15) is 9.59 Å². The van der Waals surface area contributed by atoms with Gasteiger partial charge in [0.25, 0.3) is 5.56 Å². The first kappa shape index (κ1) is 9.59. The summed E-state index contributed by atoms with van der Waals surface area (Å²) in [6.45, 7) is 0. The van der Waals surface area contributed by atoms with Crippen molar-refractivity contribution in [1.29, 1.82) is 0 Å². The van der Waals surface area contributed by atoms with Crippen molar-refractivity contribution in [2.24, 2.45) is 0 Å². The maximum atomic E-state index is 11.7. The summed E-state index contributed by atoms with van der Waals surface area (Å²) in [5, 5.41) is 1.92. The Morgan fingerprint density at radius 1 is 1.38 bits per heavy atom. The Morgan fingerprint density at radius 3 is 2.81 bits per heavy atom. The predicted molar refractivity (Wildman–Crippen MR) is 62.9 cm³/mol. The molecule has 0 saturated heterocycles. The third-order valence-electron chi connectivity index (χ3n) is 2.69. The first-order chi connectivity index (χ1) is 7.75. The van der Waals surface area contributed by atoms with E-state index in [0.717, 1.165) is 17.7 Å². The molecule has 1 aliphatic rings. The standard InChI is InChI=1S/C11H10N2O2S/c14-10-8(9-2-1-5-16-9)6-13(7-3-4-7)11(15)12-10/h1-2,5-7H,3-4H2,(H,12,14,15). The molecule has 2 heterocycles. The minimum absolute atomic E-state index is 0.281. The quantitative estimate of drug-likeness (QED) is 0.858. The zero-order valence-corrected chi connectivity index (χ0v) is 9.29. The van der Waals surface area contributed by atoms with E-state index in [1.807, 2.05) is 17.5 Å². The van der Waals surface area contributed by atoms with E-state index in [1.165, 1.54) is 11.3 Å². The minimum atomic E-state index is -0.302. The van der Waals surface area contributed by atoms with Gasteiger partial charge in [-0.25, -0.2) is 4.79 Å². The van der Waals surface area contributed by atoms with Crippen LogP contribution in [0.15, 0.2) is 33.3 Å². The second kappa shape index (κ2) is 3.45. The molecule has 1 fully saturated rings. The van der Waals surface area contributed by atoms with Crippen LogP contribution in [-0.2, 0) is 0 Å². The molecule has 0 amide bonds. The molecule has 0 spiro atoms. The van der Waals surface area contributed by atoms with Gasteiger partial charge in [-0.3, -0.25) is 14.3 Å². The molecule has 0 bridgehead atoms. The van der Waals surface area contributed by atoms with Crippen LogP contribution in [-0.4, -0.2) is 9.55 Å². The fraction of sp³-hybridized carbons (Fsp3) is 0.273. The molecule has 0 radical (unpaired) electrons. The van der Waals surface area contributed by atoms with Gasteiger partial charge in [0.05, 0.1) is 5.56 Å². The Bertz CT molecular complexity index is 620. The molecule has 1 N–H and O–H groups in total. The number of hydrogen-bond donors (Lipinski definition) is 1. The first-order valence-electron chi connectivity index (χ1n) is 5.15. The fourth-order valence-corrected chi connectivity index (χ4v) is 2.45. The normalized spacial score (nSPS) is 15.2. The number of aromatic amines is 1. The Balaban J connectivity index is 2.22. The summed E-state index contributed by atoms with van der Waals surface area (Å²) < 4.78 is 1.64. The molecule has 3 rings (SSSR count). The summed E-state index contributed by atoms with van der Waals surface area (Å²) in [5.74, 6) is 0. The summed E-state index contributed by atoms with van der Waals surface area (Å²) in [5.41, 5.74) is -0.0151. The van der Waals surface area contributed by atoms with Gasteiger partial charge >= 0.3 is 5.69 Å². The van der Waals surface area contributed by atoms with Crippen LogP contribution >= 0.6 is 11.3 Å². The second-order valence-corrected chi connectivity index (χ2v) is 4.87. The van der Waals surface area contributed by atoms with Crippen LogP contribution < -0.4 is 11.2 Å². The molecule has 0 aliphatic heterocycles. The van der Waals surface area contributed by atoms with Gasteiger partial charge in [-0.1, -0.05) is 6.07 Å². The van der Waals surface area contributed by atoms with E-state index in [2.05, 4.69) is 4.98 Å². The third kappa shape index (κ3) is 1.53. The third-order valence-corrected chi connectivity index (χ3v) is 3.60. The van der Waals surface area contributed by atoms with Crippen molar-refractivity contribution in [3.63, 3.8) is 0 Å². The van der Waals surface area contributed by atoms with Gasteiger partial charge < -0.3 is 0 Å². The molecule has 16 heavy (non-hydrogen) atoms. The van der Waals surface area contributed by atoms with Crippen molar-refractivity contribution >= 4 is 11.3 Å². The first-order valence-corrected chi connectivity index (χ1v) is 6.03. The Morgan fingerprint density at radius 2 is 2.19 bits per heavy atom. The maximum absolute atomic E-state index is 11.7. The lowest BCUT2D eigenvalue weighted by Gasteiger charge is -2.04. The summed E-state index contributed by atoms with van der Waals surface area (Å²) in [6.07, 6.45) is 3.73. The van der Waals surface area contributed by atoms with Crippen LogP contribution in [0.4, 0.5) is 0 Å². The predicted octanol–water partition coefficient (Wildman–Crippen LogP) is 1.60. The van der Waals surface area contributed by atoms with Crippen molar-refractivity contribution < 1.29 is 0 Å². The average molecular weight is 234 g/mol. The molecule has 4 nitrogen and oxygen atoms in total. The molecule has 0 atom stereocenters. The Kier molecular flexibility index (Phi) is 2.07. The van der Waals surface area contributed by atoms with Crippen LogP contribution in [0.25, 0.3) is 10.4 Å². The van der Waals surface area contributed by atoms with Crippen molar-refractivity contribution in [2.45, 2.75) is 18.9 Å². The van der Waals surface area contributed by atoms with Gasteiger partial charge in [-0.2, -0.15) is 0 Å². The molecular formula is C11H10N2O2S. The minimum Gasteiger partial charge on any atom is -0.297 e. The summed E-state index contributed by atoms with van der Waals surface area (Å²) >= 11 is 1.50. The molecule has 1 saturated carbocycles. The number of rotatable bonds is 2. The SMILES string of the molecule is O=c1[nH]c(=O)n(C2CC2)cc1-c1cccs1. The summed E-state index contributed by atoms with van der Waals surface area (Å²) in [4.78, 5) is 26.5. The van der Waals surface area contributed by atoms with Crippen molar-refractivity contribution in [3.8, 4) is 10.4 Å². The molecule has 0 unspecified atom stereocenters. The number of aromatic nitrogens is 2. The van der Waals surface area contributed by atoms with Gasteiger partial charge in [0.1, 0.15) is 0 Å². The van der Waals surface area contributed by atoms with Gasteiger partial charge in [0.15, 0.2) is 0 Å². The molecular weight excluding hydrogens is 224 g/mol. The molecule has 2 aromatic heterocycles. The van der Waals surface area contributed by atoms with E-state index in [-0.39, 0.29) is 17.3 Å². The van der Waals surface area contributed by atoms with Crippen LogP contribution in [0.1, 0.15) is 18.9 Å². The number of nitrogens with one attached hydrogen (secondary N) is 1. The lowest BCUT2D eigenvalue weighted by Crippen LogP contribution is -2.29. The van der Waals surface area contributed by atoms with Crippen LogP contribution in [0, 0.1) is 0 Å². The van der Waals surface area contributed by atoms with Gasteiger partial charge in [0, 0.05) is 17.1 Å². The zero-order chi connectivity index (χ0) is 11.1. The molecule has 0 aromatic carbocycles. The maximum Gasteiger partial charge on any atom is 0.328 e.